The normalized spacial score (nSPS) is 11.1. The van der Waals surface area contributed by atoms with E-state index in [0.29, 0.717) is 0 Å². The number of rotatable bonds is 8. The molecule has 0 bridgehead atoms. The van der Waals surface area contributed by atoms with Gasteiger partial charge in [0.25, 0.3) is 0 Å². The predicted octanol–water partition coefficient (Wildman–Crippen LogP) is 4.16. The molecule has 0 saturated heterocycles. The Labute approximate surface area is 129 Å². The predicted molar refractivity (Wildman–Crippen MR) is 89.3 cm³/mol. The molecule has 0 spiro atoms. The molecule has 0 aliphatic rings. The number of unbranched alkanes of at least 4 members (excludes halogenated alkanes) is 1. The van der Waals surface area contributed by atoms with Gasteiger partial charge in [0, 0.05) is 18.1 Å². The van der Waals surface area contributed by atoms with Crippen molar-refractivity contribution in [3.05, 3.63) is 46.4 Å². The molecule has 2 nitrogen and oxygen atoms in total. The van der Waals surface area contributed by atoms with Crippen molar-refractivity contribution in [1.82, 2.24) is 5.32 Å². The minimum atomic E-state index is 0.789. The zero-order valence-electron chi connectivity index (χ0n) is 12.0. The number of hydrogen-bond acceptors (Lipinski definition) is 2. The van der Waals surface area contributed by atoms with Gasteiger partial charge >= 0.3 is 0 Å². The fourth-order valence-electron chi connectivity index (χ4n) is 2.41. The molecule has 2 rings (SSSR count). The van der Waals surface area contributed by atoms with Crippen molar-refractivity contribution >= 4 is 26.7 Å². The lowest BCUT2D eigenvalue weighted by Crippen LogP contribution is -2.20. The van der Waals surface area contributed by atoms with Crippen LogP contribution in [0.15, 0.2) is 40.9 Å². The molecule has 0 aromatic heterocycles. The van der Waals surface area contributed by atoms with Crippen LogP contribution in [0.2, 0.25) is 0 Å². The van der Waals surface area contributed by atoms with Gasteiger partial charge in [-0.05, 0) is 48.2 Å². The number of halogens is 1. The number of methoxy groups -OCH3 is 1. The van der Waals surface area contributed by atoms with Gasteiger partial charge < -0.3 is 10.1 Å². The van der Waals surface area contributed by atoms with E-state index >= 15 is 0 Å². The Kier molecular flexibility index (Phi) is 6.51. The maximum atomic E-state index is 5.01. The lowest BCUT2D eigenvalue weighted by Gasteiger charge is -2.08. The van der Waals surface area contributed by atoms with Gasteiger partial charge in [0.2, 0.25) is 0 Å². The fourth-order valence-corrected chi connectivity index (χ4v) is 2.89. The SMILES string of the molecule is COCCNCCCCc1ccc(Br)c2ccccc12. The van der Waals surface area contributed by atoms with Crippen LogP contribution < -0.4 is 5.32 Å². The summed E-state index contributed by atoms with van der Waals surface area (Å²) in [5.74, 6) is 0. The van der Waals surface area contributed by atoms with Gasteiger partial charge in [0.15, 0.2) is 0 Å². The van der Waals surface area contributed by atoms with Crippen molar-refractivity contribution in [1.29, 1.82) is 0 Å². The molecule has 0 amide bonds. The third-order valence-electron chi connectivity index (χ3n) is 3.49. The molecular formula is C17H22BrNO. The Morgan fingerprint density at radius 3 is 2.60 bits per heavy atom. The molecule has 108 valence electrons. The Bertz CT molecular complexity index is 542. The average Bonchev–Trinajstić information content (AvgIpc) is 2.49. The first-order valence-electron chi connectivity index (χ1n) is 7.18. The number of benzene rings is 2. The lowest BCUT2D eigenvalue weighted by atomic mass is 10.0. The molecular weight excluding hydrogens is 314 g/mol. The monoisotopic (exact) mass is 335 g/mol. The molecule has 1 N–H and O–H groups in total. The van der Waals surface area contributed by atoms with Crippen molar-refractivity contribution < 1.29 is 4.74 Å². The molecule has 0 radical (unpaired) electrons. The largest absolute Gasteiger partial charge is 0.383 e. The number of hydrogen-bond donors (Lipinski definition) is 1. The van der Waals surface area contributed by atoms with Gasteiger partial charge in [-0.2, -0.15) is 0 Å². The molecule has 0 fully saturated rings. The van der Waals surface area contributed by atoms with Crippen LogP contribution in [0, 0.1) is 0 Å². The fraction of sp³-hybridized carbons (Fsp3) is 0.412. The summed E-state index contributed by atoms with van der Waals surface area (Å²) in [6.07, 6.45) is 3.56. The summed E-state index contributed by atoms with van der Waals surface area (Å²) in [7, 11) is 1.74. The van der Waals surface area contributed by atoms with E-state index in [2.05, 4.69) is 57.6 Å². The summed E-state index contributed by atoms with van der Waals surface area (Å²) < 4.78 is 6.19. The second-order valence-electron chi connectivity index (χ2n) is 4.95. The number of aryl methyl sites for hydroxylation is 1. The van der Waals surface area contributed by atoms with Gasteiger partial charge in [-0.15, -0.1) is 0 Å². The molecule has 0 saturated carbocycles. The second-order valence-corrected chi connectivity index (χ2v) is 5.81. The summed E-state index contributed by atoms with van der Waals surface area (Å²) in [5.41, 5.74) is 1.45. The van der Waals surface area contributed by atoms with Gasteiger partial charge in [-0.25, -0.2) is 0 Å². The Balaban J connectivity index is 1.86. The first-order valence-corrected chi connectivity index (χ1v) is 7.98. The highest BCUT2D eigenvalue weighted by Crippen LogP contribution is 2.27. The number of ether oxygens (including phenoxy) is 1. The summed E-state index contributed by atoms with van der Waals surface area (Å²) in [5, 5.41) is 6.06. The van der Waals surface area contributed by atoms with E-state index < -0.39 is 0 Å². The summed E-state index contributed by atoms with van der Waals surface area (Å²) >= 11 is 3.63. The van der Waals surface area contributed by atoms with Gasteiger partial charge in [0.1, 0.15) is 0 Å². The summed E-state index contributed by atoms with van der Waals surface area (Å²) in [6.45, 7) is 2.80. The highest BCUT2D eigenvalue weighted by atomic mass is 79.9. The van der Waals surface area contributed by atoms with Crippen LogP contribution >= 0.6 is 15.9 Å². The first kappa shape index (κ1) is 15.5. The molecule has 20 heavy (non-hydrogen) atoms. The van der Waals surface area contributed by atoms with E-state index in [1.54, 1.807) is 7.11 Å². The minimum absolute atomic E-state index is 0.789. The molecule has 0 atom stereocenters. The van der Waals surface area contributed by atoms with E-state index in [1.807, 2.05) is 0 Å². The standard InChI is InChI=1S/C17H22BrNO/c1-20-13-12-19-11-5-4-6-14-9-10-17(18)16-8-3-2-7-15(14)16/h2-3,7-10,19H,4-6,11-13H2,1H3. The van der Waals surface area contributed by atoms with Crippen LogP contribution in [0.25, 0.3) is 10.8 Å². The zero-order chi connectivity index (χ0) is 14.2. The van der Waals surface area contributed by atoms with E-state index in [1.165, 1.54) is 33.7 Å². The Hall–Kier alpha value is -0.900. The third kappa shape index (κ3) is 4.30. The maximum absolute atomic E-state index is 5.01. The number of nitrogens with one attached hydrogen (secondary N) is 1. The minimum Gasteiger partial charge on any atom is -0.383 e. The molecule has 0 aliphatic heterocycles. The highest BCUT2D eigenvalue weighted by Gasteiger charge is 2.03. The molecule has 0 unspecified atom stereocenters. The maximum Gasteiger partial charge on any atom is 0.0587 e. The number of fused-ring (bicyclic) bond motifs is 1. The Morgan fingerprint density at radius 1 is 1.00 bits per heavy atom. The summed E-state index contributed by atoms with van der Waals surface area (Å²) in [6, 6.07) is 13.0. The van der Waals surface area contributed by atoms with Gasteiger partial charge in [0.05, 0.1) is 6.61 Å². The van der Waals surface area contributed by atoms with Crippen molar-refractivity contribution in [2.24, 2.45) is 0 Å². The van der Waals surface area contributed by atoms with Crippen LogP contribution in [0.1, 0.15) is 18.4 Å². The van der Waals surface area contributed by atoms with Crippen LogP contribution in [0.3, 0.4) is 0 Å². The Morgan fingerprint density at radius 2 is 1.80 bits per heavy atom. The smallest absolute Gasteiger partial charge is 0.0587 e. The molecule has 0 heterocycles. The van der Waals surface area contributed by atoms with E-state index in [9.17, 15) is 0 Å². The van der Waals surface area contributed by atoms with Crippen molar-refractivity contribution in [2.75, 3.05) is 26.8 Å². The van der Waals surface area contributed by atoms with Gasteiger partial charge in [-0.3, -0.25) is 0 Å². The third-order valence-corrected chi connectivity index (χ3v) is 4.19. The van der Waals surface area contributed by atoms with E-state index in [4.69, 9.17) is 4.74 Å². The molecule has 2 aromatic rings. The van der Waals surface area contributed by atoms with Crippen LogP contribution in [0.5, 0.6) is 0 Å². The average molecular weight is 336 g/mol. The summed E-state index contributed by atoms with van der Waals surface area (Å²) in [4.78, 5) is 0. The van der Waals surface area contributed by atoms with Crippen molar-refractivity contribution in [2.45, 2.75) is 19.3 Å². The molecule has 0 aliphatic carbocycles. The van der Waals surface area contributed by atoms with Crippen LogP contribution in [-0.2, 0) is 11.2 Å². The van der Waals surface area contributed by atoms with Crippen LogP contribution in [-0.4, -0.2) is 26.8 Å². The second kappa shape index (κ2) is 8.40. The topological polar surface area (TPSA) is 21.3 Å². The molecule has 3 heteroatoms. The first-order chi connectivity index (χ1) is 9.83. The molecule has 2 aromatic carbocycles. The lowest BCUT2D eigenvalue weighted by molar-refractivity contribution is 0.199. The van der Waals surface area contributed by atoms with Crippen LogP contribution in [0.4, 0.5) is 0 Å². The van der Waals surface area contributed by atoms with E-state index in [-0.39, 0.29) is 0 Å². The van der Waals surface area contributed by atoms with E-state index in [0.717, 1.165) is 26.1 Å². The van der Waals surface area contributed by atoms with Crippen molar-refractivity contribution in [3.63, 3.8) is 0 Å². The zero-order valence-corrected chi connectivity index (χ0v) is 13.6. The quantitative estimate of drug-likeness (QED) is 0.731. The van der Waals surface area contributed by atoms with Crippen molar-refractivity contribution in [3.8, 4) is 0 Å². The van der Waals surface area contributed by atoms with Gasteiger partial charge in [-0.1, -0.05) is 46.3 Å². The highest BCUT2D eigenvalue weighted by molar-refractivity contribution is 9.10.